The zero-order valence-corrected chi connectivity index (χ0v) is 10.2. The quantitative estimate of drug-likeness (QED) is 0.384. The number of fused-ring (bicyclic) bond motifs is 1. The van der Waals surface area contributed by atoms with Crippen molar-refractivity contribution in [3.63, 3.8) is 0 Å². The van der Waals surface area contributed by atoms with Gasteiger partial charge in [-0.3, -0.25) is 9.98 Å². The lowest BCUT2D eigenvalue weighted by Crippen LogP contribution is -2.33. The van der Waals surface area contributed by atoms with E-state index in [0.29, 0.717) is 4.73 Å². The molecule has 0 aromatic carbocycles. The van der Waals surface area contributed by atoms with Crippen LogP contribution in [0.15, 0.2) is 12.7 Å². The zero-order chi connectivity index (χ0) is 14.4. The fourth-order valence-electron chi connectivity index (χ4n) is 2.22. The van der Waals surface area contributed by atoms with Crippen molar-refractivity contribution >= 4 is 11.2 Å². The third-order valence-corrected chi connectivity index (χ3v) is 3.30. The third-order valence-electron chi connectivity index (χ3n) is 3.30. The number of aliphatic hydroxyl groups is 3. The largest absolute Gasteiger partial charge is 0.425 e. The number of imidazole rings is 1. The molecule has 2 aromatic rings. The van der Waals surface area contributed by atoms with Gasteiger partial charge in [0.05, 0.1) is 12.9 Å². The summed E-state index contributed by atoms with van der Waals surface area (Å²) in [7, 11) is 0. The van der Waals surface area contributed by atoms with Gasteiger partial charge in [-0.05, 0) is 0 Å². The van der Waals surface area contributed by atoms with Crippen LogP contribution in [0.1, 0.15) is 6.23 Å². The smallest absolute Gasteiger partial charge is 0.192 e. The first-order chi connectivity index (χ1) is 9.54. The molecule has 1 saturated heterocycles. The van der Waals surface area contributed by atoms with Gasteiger partial charge in [0.15, 0.2) is 22.9 Å². The Morgan fingerprint density at radius 2 is 2.00 bits per heavy atom. The zero-order valence-electron chi connectivity index (χ0n) is 10.2. The number of hydrogen-bond donors (Lipinski definition) is 5. The Balaban J connectivity index is 2.08. The molecule has 4 atom stereocenters. The number of nitrogens with zero attached hydrogens (tertiary/aromatic N) is 4. The van der Waals surface area contributed by atoms with Crippen LogP contribution in [0.4, 0.5) is 0 Å². The first-order valence-corrected chi connectivity index (χ1v) is 5.85. The molecule has 0 unspecified atom stereocenters. The van der Waals surface area contributed by atoms with Crippen molar-refractivity contribution in [2.75, 3.05) is 6.61 Å². The summed E-state index contributed by atoms with van der Waals surface area (Å²) in [4.78, 5) is 7.85. The summed E-state index contributed by atoms with van der Waals surface area (Å²) in [6.45, 7) is -0.435. The van der Waals surface area contributed by atoms with Gasteiger partial charge in [0.1, 0.15) is 24.6 Å². The lowest BCUT2D eigenvalue weighted by atomic mass is 10.1. The van der Waals surface area contributed by atoms with E-state index in [2.05, 4.69) is 9.97 Å². The Hall–Kier alpha value is -2.01. The summed E-state index contributed by atoms with van der Waals surface area (Å²) in [5.74, 6) is 0. The molecule has 1 aliphatic rings. The number of rotatable bonds is 2. The number of ether oxygens (including phenoxy) is 1. The van der Waals surface area contributed by atoms with Gasteiger partial charge >= 0.3 is 0 Å². The van der Waals surface area contributed by atoms with Crippen molar-refractivity contribution in [3.05, 3.63) is 18.1 Å². The highest BCUT2D eigenvalue weighted by Crippen LogP contribution is 2.30. The first-order valence-electron chi connectivity index (χ1n) is 5.85. The first kappa shape index (κ1) is 13.0. The average Bonchev–Trinajstić information content (AvgIpc) is 2.98. The van der Waals surface area contributed by atoms with E-state index in [9.17, 15) is 15.4 Å². The molecule has 0 saturated carbocycles. The van der Waals surface area contributed by atoms with Crippen LogP contribution < -0.4 is 5.49 Å². The summed E-state index contributed by atoms with van der Waals surface area (Å²) < 4.78 is 7.22. The minimum atomic E-state index is -1.26. The van der Waals surface area contributed by atoms with Crippen molar-refractivity contribution in [2.45, 2.75) is 24.5 Å². The summed E-state index contributed by atoms with van der Waals surface area (Å²) >= 11 is 0. The van der Waals surface area contributed by atoms with E-state index in [-0.39, 0.29) is 16.7 Å². The van der Waals surface area contributed by atoms with Crippen molar-refractivity contribution in [1.82, 2.24) is 19.3 Å². The molecule has 10 heteroatoms. The van der Waals surface area contributed by atoms with Crippen LogP contribution in [-0.4, -0.2) is 64.7 Å². The van der Waals surface area contributed by atoms with Gasteiger partial charge in [0.25, 0.3) is 0 Å². The van der Waals surface area contributed by atoms with Gasteiger partial charge in [-0.25, -0.2) is 9.97 Å². The highest BCUT2D eigenvalue weighted by molar-refractivity contribution is 5.68. The van der Waals surface area contributed by atoms with Crippen LogP contribution in [0, 0.1) is 5.41 Å². The van der Waals surface area contributed by atoms with Crippen LogP contribution in [0.2, 0.25) is 0 Å². The van der Waals surface area contributed by atoms with Crippen molar-refractivity contribution < 1.29 is 25.3 Å². The number of aliphatic hydroxyl groups excluding tert-OH is 3. The molecule has 1 aliphatic heterocycles. The normalized spacial score (nSPS) is 30.1. The van der Waals surface area contributed by atoms with E-state index in [1.165, 1.54) is 10.9 Å². The van der Waals surface area contributed by atoms with E-state index in [0.717, 1.165) is 6.33 Å². The monoisotopic (exact) mass is 283 g/mol. The molecule has 10 nitrogen and oxygen atoms in total. The highest BCUT2D eigenvalue weighted by Gasteiger charge is 2.43. The van der Waals surface area contributed by atoms with E-state index < -0.39 is 31.1 Å². The number of nitrogens with one attached hydrogen (secondary N) is 1. The summed E-state index contributed by atoms with van der Waals surface area (Å²) in [5.41, 5.74) is 0.0726. The van der Waals surface area contributed by atoms with Crippen molar-refractivity contribution in [2.24, 2.45) is 0 Å². The molecular weight excluding hydrogens is 270 g/mol. The average molecular weight is 283 g/mol. The minimum absolute atomic E-state index is 0.118. The van der Waals surface area contributed by atoms with Gasteiger partial charge in [-0.15, -0.1) is 0 Å². The van der Waals surface area contributed by atoms with Gasteiger partial charge in [0, 0.05) is 0 Å². The van der Waals surface area contributed by atoms with Crippen LogP contribution in [0.5, 0.6) is 0 Å². The Labute approximate surface area is 111 Å². The molecule has 20 heavy (non-hydrogen) atoms. The summed E-state index contributed by atoms with van der Waals surface area (Å²) in [6, 6.07) is 0. The predicted octanol–water partition coefficient (Wildman–Crippen LogP) is -2.44. The van der Waals surface area contributed by atoms with E-state index in [4.69, 9.17) is 15.3 Å². The van der Waals surface area contributed by atoms with E-state index in [1.807, 2.05) is 0 Å². The summed E-state index contributed by atoms with van der Waals surface area (Å²) in [5, 5.41) is 45.7. The van der Waals surface area contributed by atoms with Crippen LogP contribution in [0.25, 0.3) is 11.2 Å². The molecule has 5 N–H and O–H groups in total. The predicted molar refractivity (Wildman–Crippen MR) is 61.6 cm³/mol. The number of hydrogen-bond acceptors (Lipinski definition) is 8. The molecule has 0 radical (unpaired) electrons. The second kappa shape index (κ2) is 4.52. The lowest BCUT2D eigenvalue weighted by Gasteiger charge is -2.16. The van der Waals surface area contributed by atoms with Crippen molar-refractivity contribution in [1.29, 1.82) is 5.41 Å². The maximum Gasteiger partial charge on any atom is 0.192 e. The Bertz CT molecular complexity index is 697. The Morgan fingerprint density at radius 1 is 1.25 bits per heavy atom. The molecule has 3 heterocycles. The Morgan fingerprint density at radius 3 is 2.65 bits per heavy atom. The van der Waals surface area contributed by atoms with Gasteiger partial charge in [0.2, 0.25) is 0 Å². The minimum Gasteiger partial charge on any atom is -0.425 e. The maximum absolute atomic E-state index is 9.95. The van der Waals surface area contributed by atoms with Gasteiger partial charge < -0.3 is 25.3 Å². The molecule has 0 aliphatic carbocycles. The summed E-state index contributed by atoms with van der Waals surface area (Å²) in [6.07, 6.45) is -2.07. The van der Waals surface area contributed by atoms with Crippen molar-refractivity contribution in [3.8, 4) is 0 Å². The fraction of sp³-hybridized carbons (Fsp3) is 0.500. The fourth-order valence-corrected chi connectivity index (χ4v) is 2.22. The molecule has 0 amide bonds. The van der Waals surface area contributed by atoms with Crippen LogP contribution >= 0.6 is 0 Å². The Kier molecular flexibility index (Phi) is 2.94. The lowest BCUT2D eigenvalue weighted by molar-refractivity contribution is -0.0511. The molecule has 0 bridgehead atoms. The standard InChI is InChI=1S/C10H13N5O5/c11-8-5-9(13-3-15(8)19)14(2-12-5)10-7(18)6(17)4(1-16)20-10/h2-4,6-7,10-11,16-19H,1H2/t4-,6+,7-,10-/m1/s1. The second-order valence-electron chi connectivity index (χ2n) is 4.49. The molecule has 108 valence electrons. The number of aromatic nitrogens is 4. The molecular formula is C10H13N5O5. The molecule has 3 rings (SSSR count). The topological polar surface area (TPSA) is 150 Å². The third kappa shape index (κ3) is 1.70. The van der Waals surface area contributed by atoms with Gasteiger partial charge in [-0.1, -0.05) is 0 Å². The van der Waals surface area contributed by atoms with Gasteiger partial charge in [-0.2, -0.15) is 4.73 Å². The molecule has 0 spiro atoms. The van der Waals surface area contributed by atoms with E-state index >= 15 is 0 Å². The highest BCUT2D eigenvalue weighted by atomic mass is 16.6. The van der Waals surface area contributed by atoms with Crippen LogP contribution in [-0.2, 0) is 4.74 Å². The second-order valence-corrected chi connectivity index (χ2v) is 4.49. The van der Waals surface area contributed by atoms with Crippen LogP contribution in [0.3, 0.4) is 0 Å². The molecule has 1 fully saturated rings. The van der Waals surface area contributed by atoms with E-state index in [1.54, 1.807) is 0 Å². The maximum atomic E-state index is 9.95. The molecule has 2 aromatic heterocycles. The SMILES string of the molecule is N=c1c2ncn([C@@H]3O[C@H](CO)[C@H](O)[C@H]3O)c2ncn1O.